The summed E-state index contributed by atoms with van der Waals surface area (Å²) in [5.41, 5.74) is 4.01. The van der Waals surface area contributed by atoms with E-state index in [0.717, 1.165) is 53.7 Å². The second-order valence-electron chi connectivity index (χ2n) is 8.49. The van der Waals surface area contributed by atoms with Crippen molar-refractivity contribution in [3.05, 3.63) is 61.5 Å². The van der Waals surface area contributed by atoms with Gasteiger partial charge in [-0.3, -0.25) is 19.1 Å². The summed E-state index contributed by atoms with van der Waals surface area (Å²) in [4.78, 5) is 36.2. The maximum Gasteiger partial charge on any atom is 0.263 e. The van der Waals surface area contributed by atoms with Crippen LogP contribution >= 0.6 is 11.3 Å². The Hall–Kier alpha value is -2.31. The van der Waals surface area contributed by atoms with Crippen LogP contribution in [0.15, 0.2) is 23.0 Å². The van der Waals surface area contributed by atoms with E-state index in [1.54, 1.807) is 15.9 Å². The number of aryl methyl sites for hydroxylation is 4. The molecule has 0 spiro atoms. The monoisotopic (exact) mass is 437 g/mol. The molecule has 5 nitrogen and oxygen atoms in total. The first-order valence-electron chi connectivity index (χ1n) is 11.3. The van der Waals surface area contributed by atoms with Crippen molar-refractivity contribution < 1.29 is 4.79 Å². The number of nitrogens with zero attached hydrogens (tertiary/aromatic N) is 3. The van der Waals surface area contributed by atoms with Crippen LogP contribution in [0.4, 0.5) is 0 Å². The topological polar surface area (TPSA) is 55.2 Å². The van der Waals surface area contributed by atoms with E-state index in [4.69, 9.17) is 4.98 Å². The SMILES string of the molecule is CCN(CC)Cc1nc2sc3c(c2c(=O)n1CC(=O)c1ccc(C)c(C)c1)CCCC3. The molecule has 31 heavy (non-hydrogen) atoms. The van der Waals surface area contributed by atoms with Crippen LogP contribution in [0.5, 0.6) is 0 Å². The van der Waals surface area contributed by atoms with E-state index in [-0.39, 0.29) is 17.9 Å². The van der Waals surface area contributed by atoms with Gasteiger partial charge < -0.3 is 0 Å². The number of carbonyl (C=O) groups is 1. The normalized spacial score (nSPS) is 13.7. The van der Waals surface area contributed by atoms with Gasteiger partial charge in [-0.25, -0.2) is 4.98 Å². The van der Waals surface area contributed by atoms with E-state index in [1.807, 2.05) is 32.0 Å². The number of carbonyl (C=O) groups excluding carboxylic acids is 1. The van der Waals surface area contributed by atoms with Gasteiger partial charge in [0.25, 0.3) is 5.56 Å². The van der Waals surface area contributed by atoms with E-state index in [0.29, 0.717) is 17.9 Å². The summed E-state index contributed by atoms with van der Waals surface area (Å²) < 4.78 is 1.64. The third-order valence-electron chi connectivity index (χ3n) is 6.54. The van der Waals surface area contributed by atoms with Gasteiger partial charge in [-0.1, -0.05) is 26.0 Å². The molecule has 4 rings (SSSR count). The Kier molecular flexibility index (Phi) is 6.39. The molecular formula is C25H31N3O2S. The van der Waals surface area contributed by atoms with Gasteiger partial charge in [0, 0.05) is 10.4 Å². The lowest BCUT2D eigenvalue weighted by molar-refractivity contribution is 0.0968. The molecule has 6 heteroatoms. The average molecular weight is 438 g/mol. The predicted molar refractivity (Wildman–Crippen MR) is 127 cm³/mol. The smallest absolute Gasteiger partial charge is 0.263 e. The Morgan fingerprint density at radius 2 is 1.87 bits per heavy atom. The minimum atomic E-state index is -0.0521. The molecule has 0 saturated carbocycles. The molecule has 0 radical (unpaired) electrons. The van der Waals surface area contributed by atoms with Crippen LogP contribution < -0.4 is 5.56 Å². The maximum atomic E-state index is 13.7. The molecule has 0 unspecified atom stereocenters. The zero-order valence-electron chi connectivity index (χ0n) is 19.0. The van der Waals surface area contributed by atoms with Gasteiger partial charge in [0.15, 0.2) is 5.78 Å². The van der Waals surface area contributed by atoms with Crippen molar-refractivity contribution in [2.45, 2.75) is 66.5 Å². The summed E-state index contributed by atoms with van der Waals surface area (Å²) in [5.74, 6) is 0.647. The lowest BCUT2D eigenvalue weighted by Crippen LogP contribution is -2.33. The highest BCUT2D eigenvalue weighted by Gasteiger charge is 2.23. The van der Waals surface area contributed by atoms with Crippen LogP contribution in [-0.4, -0.2) is 33.3 Å². The largest absolute Gasteiger partial charge is 0.297 e. The Morgan fingerprint density at radius 1 is 1.13 bits per heavy atom. The fourth-order valence-corrected chi connectivity index (χ4v) is 5.63. The number of hydrogen-bond acceptors (Lipinski definition) is 5. The van der Waals surface area contributed by atoms with Gasteiger partial charge in [0.2, 0.25) is 0 Å². The van der Waals surface area contributed by atoms with E-state index in [1.165, 1.54) is 16.9 Å². The Morgan fingerprint density at radius 3 is 2.58 bits per heavy atom. The Bertz CT molecular complexity index is 1190. The fraction of sp³-hybridized carbons (Fsp3) is 0.480. The molecule has 0 saturated heterocycles. The van der Waals surface area contributed by atoms with Crippen molar-refractivity contribution in [3.8, 4) is 0 Å². The maximum absolute atomic E-state index is 13.7. The average Bonchev–Trinajstić information content (AvgIpc) is 3.14. The molecular weight excluding hydrogens is 406 g/mol. The van der Waals surface area contributed by atoms with Crippen molar-refractivity contribution in [1.29, 1.82) is 0 Å². The summed E-state index contributed by atoms with van der Waals surface area (Å²) in [6.07, 6.45) is 4.25. The first kappa shape index (κ1) is 21.9. The molecule has 1 aliphatic carbocycles. The fourth-order valence-electron chi connectivity index (χ4n) is 4.36. The summed E-state index contributed by atoms with van der Waals surface area (Å²) >= 11 is 1.67. The van der Waals surface area contributed by atoms with Gasteiger partial charge in [0.1, 0.15) is 10.7 Å². The lowest BCUT2D eigenvalue weighted by atomic mass is 9.97. The summed E-state index contributed by atoms with van der Waals surface area (Å²) in [7, 11) is 0. The molecule has 0 atom stereocenters. The molecule has 0 bridgehead atoms. The highest BCUT2D eigenvalue weighted by molar-refractivity contribution is 7.18. The first-order valence-corrected chi connectivity index (χ1v) is 12.1. The molecule has 164 valence electrons. The van der Waals surface area contributed by atoms with E-state index < -0.39 is 0 Å². The van der Waals surface area contributed by atoms with Crippen LogP contribution in [0.1, 0.15) is 64.4 Å². The summed E-state index contributed by atoms with van der Waals surface area (Å²) in [5, 5.41) is 0.746. The number of rotatable bonds is 7. The van der Waals surface area contributed by atoms with Gasteiger partial charge in [-0.15, -0.1) is 11.3 Å². The third kappa shape index (κ3) is 4.23. The molecule has 0 N–H and O–H groups in total. The number of ketones is 1. The van der Waals surface area contributed by atoms with Crippen molar-refractivity contribution in [2.24, 2.45) is 0 Å². The van der Waals surface area contributed by atoms with E-state index >= 15 is 0 Å². The van der Waals surface area contributed by atoms with Gasteiger partial charge in [0.05, 0.1) is 18.5 Å². The van der Waals surface area contributed by atoms with E-state index in [2.05, 4.69) is 18.7 Å². The number of benzene rings is 1. The van der Waals surface area contributed by atoms with Crippen LogP contribution in [0.2, 0.25) is 0 Å². The minimum Gasteiger partial charge on any atom is -0.297 e. The summed E-state index contributed by atoms with van der Waals surface area (Å²) in [6, 6.07) is 5.75. The zero-order valence-corrected chi connectivity index (χ0v) is 19.8. The van der Waals surface area contributed by atoms with Crippen molar-refractivity contribution in [2.75, 3.05) is 13.1 Å². The highest BCUT2D eigenvalue weighted by atomic mass is 32.1. The van der Waals surface area contributed by atoms with Gasteiger partial charge in [-0.2, -0.15) is 0 Å². The number of fused-ring (bicyclic) bond motifs is 3. The number of Topliss-reactive ketones (excluding diaryl/α,β-unsaturated/α-hetero) is 1. The van der Waals surface area contributed by atoms with Crippen molar-refractivity contribution in [3.63, 3.8) is 0 Å². The van der Waals surface area contributed by atoms with Crippen LogP contribution in [0.3, 0.4) is 0 Å². The van der Waals surface area contributed by atoms with Gasteiger partial charge in [-0.05, 0) is 75.4 Å². The highest BCUT2D eigenvalue weighted by Crippen LogP contribution is 2.34. The molecule has 1 aromatic carbocycles. The minimum absolute atomic E-state index is 0.0332. The molecule has 1 aliphatic rings. The molecule has 0 amide bonds. The Labute approximate surface area is 187 Å². The second kappa shape index (κ2) is 9.05. The van der Waals surface area contributed by atoms with E-state index in [9.17, 15) is 9.59 Å². The molecule has 3 aromatic rings. The number of aromatic nitrogens is 2. The summed E-state index contributed by atoms with van der Waals surface area (Å²) in [6.45, 7) is 10.6. The molecule has 2 aromatic heterocycles. The van der Waals surface area contributed by atoms with Gasteiger partial charge >= 0.3 is 0 Å². The standard InChI is InChI=1S/C25H31N3O2S/c1-5-27(6-2)15-22-26-24-23(19-9-7-8-10-21(19)31-24)25(30)28(22)14-20(29)18-12-11-16(3)17(4)13-18/h11-13H,5-10,14-15H2,1-4H3. The number of hydrogen-bond donors (Lipinski definition) is 0. The second-order valence-corrected chi connectivity index (χ2v) is 9.58. The predicted octanol–water partition coefficient (Wildman–Crippen LogP) is 4.68. The van der Waals surface area contributed by atoms with Crippen LogP contribution in [0, 0.1) is 13.8 Å². The van der Waals surface area contributed by atoms with Crippen molar-refractivity contribution in [1.82, 2.24) is 14.5 Å². The van der Waals surface area contributed by atoms with Crippen molar-refractivity contribution >= 4 is 27.3 Å². The first-order chi connectivity index (χ1) is 14.9. The lowest BCUT2D eigenvalue weighted by Gasteiger charge is -2.20. The third-order valence-corrected chi connectivity index (χ3v) is 7.73. The molecule has 0 fully saturated rings. The molecule has 0 aliphatic heterocycles. The zero-order chi connectivity index (χ0) is 22.1. The number of thiophene rings is 1. The van der Waals surface area contributed by atoms with Crippen LogP contribution in [-0.2, 0) is 25.9 Å². The quantitative estimate of drug-likeness (QED) is 0.504. The van der Waals surface area contributed by atoms with Crippen LogP contribution in [0.25, 0.3) is 10.2 Å². The Balaban J connectivity index is 1.82. The molecule has 2 heterocycles.